The summed E-state index contributed by atoms with van der Waals surface area (Å²) in [5.41, 5.74) is 0.969. The molecule has 0 saturated carbocycles. The molecular formula is C15H17NO3. The Hall–Kier alpha value is -2.10. The molecule has 19 heavy (non-hydrogen) atoms. The molecule has 1 N–H and O–H groups in total. The summed E-state index contributed by atoms with van der Waals surface area (Å²) in [6.45, 7) is 4.39. The maximum atomic E-state index is 11.7. The van der Waals surface area contributed by atoms with Gasteiger partial charge < -0.3 is 10.0 Å². The highest BCUT2D eigenvalue weighted by atomic mass is 16.4. The van der Waals surface area contributed by atoms with Gasteiger partial charge in [-0.3, -0.25) is 9.59 Å². The minimum atomic E-state index is -0.792. The van der Waals surface area contributed by atoms with E-state index in [4.69, 9.17) is 0 Å². The van der Waals surface area contributed by atoms with Gasteiger partial charge in [0.2, 0.25) is 5.91 Å². The van der Waals surface area contributed by atoms with Gasteiger partial charge in [0.1, 0.15) is 0 Å². The van der Waals surface area contributed by atoms with Crippen LogP contribution in [0.4, 0.5) is 0 Å². The van der Waals surface area contributed by atoms with Crippen molar-refractivity contribution in [3.8, 4) is 0 Å². The Morgan fingerprint density at radius 1 is 1.32 bits per heavy atom. The Bertz CT molecular complexity index is 483. The van der Waals surface area contributed by atoms with Gasteiger partial charge in [0.15, 0.2) is 0 Å². The SMILES string of the molecule is C=CC(=O)N1CCC(C(=O)O)C(c2ccccc2)C1. The molecule has 1 heterocycles. The van der Waals surface area contributed by atoms with Crippen LogP contribution in [0.3, 0.4) is 0 Å². The van der Waals surface area contributed by atoms with Crippen molar-refractivity contribution < 1.29 is 14.7 Å². The monoisotopic (exact) mass is 259 g/mol. The van der Waals surface area contributed by atoms with E-state index >= 15 is 0 Å². The third kappa shape index (κ3) is 2.84. The average molecular weight is 259 g/mol. The smallest absolute Gasteiger partial charge is 0.307 e. The molecule has 2 atom stereocenters. The molecule has 4 heteroatoms. The van der Waals surface area contributed by atoms with Gasteiger partial charge in [0.05, 0.1) is 5.92 Å². The summed E-state index contributed by atoms with van der Waals surface area (Å²) in [5, 5.41) is 9.33. The van der Waals surface area contributed by atoms with Crippen LogP contribution in [0.5, 0.6) is 0 Å². The second kappa shape index (κ2) is 5.69. The minimum absolute atomic E-state index is 0.134. The maximum absolute atomic E-state index is 11.7. The molecule has 1 aliphatic heterocycles. The van der Waals surface area contributed by atoms with E-state index in [1.165, 1.54) is 6.08 Å². The number of carboxylic acids is 1. The lowest BCUT2D eigenvalue weighted by atomic mass is 9.80. The Kier molecular flexibility index (Phi) is 4.00. The number of benzene rings is 1. The fourth-order valence-electron chi connectivity index (χ4n) is 2.61. The first-order valence-electron chi connectivity index (χ1n) is 6.32. The van der Waals surface area contributed by atoms with E-state index in [1.807, 2.05) is 30.3 Å². The van der Waals surface area contributed by atoms with E-state index in [9.17, 15) is 14.7 Å². The second-order valence-electron chi connectivity index (χ2n) is 4.74. The van der Waals surface area contributed by atoms with Crippen molar-refractivity contribution in [3.05, 3.63) is 48.6 Å². The minimum Gasteiger partial charge on any atom is -0.481 e. The molecule has 100 valence electrons. The van der Waals surface area contributed by atoms with Crippen molar-refractivity contribution in [2.75, 3.05) is 13.1 Å². The van der Waals surface area contributed by atoms with E-state index in [1.54, 1.807) is 4.90 Å². The van der Waals surface area contributed by atoms with E-state index in [0.717, 1.165) is 5.56 Å². The number of carbonyl (C=O) groups excluding carboxylic acids is 1. The highest BCUT2D eigenvalue weighted by Gasteiger charge is 2.35. The summed E-state index contributed by atoms with van der Waals surface area (Å²) in [7, 11) is 0. The standard InChI is InChI=1S/C15H17NO3/c1-2-14(17)16-9-8-12(15(18)19)13(10-16)11-6-4-3-5-7-11/h2-7,12-13H,1,8-10H2,(H,18,19). The third-order valence-corrected chi connectivity index (χ3v) is 3.64. The van der Waals surface area contributed by atoms with Crippen molar-refractivity contribution in [3.63, 3.8) is 0 Å². The number of hydrogen-bond acceptors (Lipinski definition) is 2. The molecule has 0 radical (unpaired) electrons. The highest BCUT2D eigenvalue weighted by molar-refractivity contribution is 5.87. The number of aliphatic carboxylic acids is 1. The van der Waals surface area contributed by atoms with Crippen molar-refractivity contribution in [1.29, 1.82) is 0 Å². The molecule has 0 aromatic heterocycles. The quantitative estimate of drug-likeness (QED) is 0.843. The van der Waals surface area contributed by atoms with Crippen LogP contribution in [0, 0.1) is 5.92 Å². The van der Waals surface area contributed by atoms with E-state index in [0.29, 0.717) is 19.5 Å². The van der Waals surface area contributed by atoms with Crippen molar-refractivity contribution >= 4 is 11.9 Å². The van der Waals surface area contributed by atoms with E-state index in [2.05, 4.69) is 6.58 Å². The summed E-state index contributed by atoms with van der Waals surface area (Å²) in [5.74, 6) is -1.52. The van der Waals surface area contributed by atoms with Crippen LogP contribution in [0.2, 0.25) is 0 Å². The van der Waals surface area contributed by atoms with Crippen molar-refractivity contribution in [2.24, 2.45) is 5.92 Å². The normalized spacial score (nSPS) is 22.8. The van der Waals surface area contributed by atoms with Gasteiger partial charge >= 0.3 is 5.97 Å². The van der Waals surface area contributed by atoms with Crippen LogP contribution in [-0.2, 0) is 9.59 Å². The first-order valence-corrected chi connectivity index (χ1v) is 6.32. The highest BCUT2D eigenvalue weighted by Crippen LogP contribution is 2.32. The van der Waals surface area contributed by atoms with Crippen molar-refractivity contribution in [1.82, 2.24) is 4.90 Å². The first kappa shape index (κ1) is 13.3. The fourth-order valence-corrected chi connectivity index (χ4v) is 2.61. The number of carboxylic acid groups (broad SMARTS) is 1. The number of amides is 1. The van der Waals surface area contributed by atoms with Gasteiger partial charge in [-0.15, -0.1) is 0 Å². The van der Waals surface area contributed by atoms with Gasteiger partial charge in [-0.2, -0.15) is 0 Å². The predicted molar refractivity (Wildman–Crippen MR) is 71.7 cm³/mol. The Labute approximate surface area is 112 Å². The zero-order valence-corrected chi connectivity index (χ0v) is 10.7. The summed E-state index contributed by atoms with van der Waals surface area (Å²) in [6, 6.07) is 9.52. The van der Waals surface area contributed by atoms with Crippen molar-refractivity contribution in [2.45, 2.75) is 12.3 Å². The first-order chi connectivity index (χ1) is 9.13. The molecule has 4 nitrogen and oxygen atoms in total. The summed E-state index contributed by atoms with van der Waals surface area (Å²) >= 11 is 0. The van der Waals surface area contributed by atoms with E-state index in [-0.39, 0.29) is 11.8 Å². The molecule has 0 aliphatic carbocycles. The number of hydrogen-bond donors (Lipinski definition) is 1. The molecule has 1 aliphatic rings. The lowest BCUT2D eigenvalue weighted by Gasteiger charge is -2.36. The summed E-state index contributed by atoms with van der Waals surface area (Å²) < 4.78 is 0. The lowest BCUT2D eigenvalue weighted by Crippen LogP contribution is -2.44. The molecule has 1 aromatic rings. The lowest BCUT2D eigenvalue weighted by molar-refractivity contribution is -0.146. The topological polar surface area (TPSA) is 57.6 Å². The zero-order valence-electron chi connectivity index (χ0n) is 10.7. The van der Waals surface area contributed by atoms with Crippen LogP contribution in [-0.4, -0.2) is 35.0 Å². The molecule has 1 amide bonds. The second-order valence-corrected chi connectivity index (χ2v) is 4.74. The Morgan fingerprint density at radius 2 is 2.00 bits per heavy atom. The van der Waals surface area contributed by atoms with Gasteiger partial charge in [-0.25, -0.2) is 0 Å². The number of likely N-dealkylation sites (tertiary alicyclic amines) is 1. The number of rotatable bonds is 3. The fraction of sp³-hybridized carbons (Fsp3) is 0.333. The van der Waals surface area contributed by atoms with Crippen LogP contribution < -0.4 is 0 Å². The Morgan fingerprint density at radius 3 is 2.58 bits per heavy atom. The largest absolute Gasteiger partial charge is 0.481 e. The molecular weight excluding hydrogens is 242 g/mol. The molecule has 1 saturated heterocycles. The number of carbonyl (C=O) groups is 2. The molecule has 0 spiro atoms. The molecule has 1 fully saturated rings. The van der Waals surface area contributed by atoms with E-state index < -0.39 is 11.9 Å². The van der Waals surface area contributed by atoms with Crippen LogP contribution in [0.25, 0.3) is 0 Å². The predicted octanol–water partition coefficient (Wildman–Crippen LogP) is 1.89. The van der Waals surface area contributed by atoms with Gasteiger partial charge in [0.25, 0.3) is 0 Å². The number of nitrogens with zero attached hydrogens (tertiary/aromatic N) is 1. The molecule has 2 unspecified atom stereocenters. The molecule has 2 rings (SSSR count). The third-order valence-electron chi connectivity index (χ3n) is 3.64. The van der Waals surface area contributed by atoms with Gasteiger partial charge in [-0.1, -0.05) is 36.9 Å². The maximum Gasteiger partial charge on any atom is 0.307 e. The van der Waals surface area contributed by atoms with Gasteiger partial charge in [-0.05, 0) is 18.1 Å². The van der Waals surface area contributed by atoms with Crippen LogP contribution in [0.1, 0.15) is 17.9 Å². The van der Waals surface area contributed by atoms with Crippen LogP contribution >= 0.6 is 0 Å². The molecule has 1 aromatic carbocycles. The van der Waals surface area contributed by atoms with Gasteiger partial charge in [0, 0.05) is 19.0 Å². The summed E-state index contributed by atoms with van der Waals surface area (Å²) in [6.07, 6.45) is 1.76. The van der Waals surface area contributed by atoms with Crippen LogP contribution in [0.15, 0.2) is 43.0 Å². The summed E-state index contributed by atoms with van der Waals surface area (Å²) in [4.78, 5) is 24.7. The molecule has 0 bridgehead atoms. The Balaban J connectivity index is 2.25. The average Bonchev–Trinajstić information content (AvgIpc) is 2.46. The zero-order chi connectivity index (χ0) is 13.8. The number of piperidine rings is 1.